The quantitative estimate of drug-likeness (QED) is 0.770. The maximum absolute atomic E-state index is 5.10. The third-order valence-electron chi connectivity index (χ3n) is 2.82. The molecule has 0 amide bonds. The second-order valence-electron chi connectivity index (χ2n) is 4.00. The summed E-state index contributed by atoms with van der Waals surface area (Å²) in [6, 6.07) is 1.21. The Labute approximate surface area is 76.7 Å². The Bertz CT molecular complexity index is 302. The minimum Gasteiger partial charge on any atom is -0.335 e. The van der Waals surface area contributed by atoms with Crippen LogP contribution in [0.2, 0.25) is 0 Å². The first-order valence-corrected chi connectivity index (χ1v) is 5.02. The van der Waals surface area contributed by atoms with Gasteiger partial charge >= 0.3 is 6.01 Å². The lowest BCUT2D eigenvalue weighted by atomic mass is 9.85. The number of rotatable bonds is 3. The van der Waals surface area contributed by atoms with E-state index in [-0.39, 0.29) is 0 Å². The fourth-order valence-corrected chi connectivity index (χ4v) is 1.53. The Kier molecular flexibility index (Phi) is 1.54. The standard InChI is InChI=1S/C9H13N3O/c1-2-6(3-1)8-11-9(13-12-8)10-7-4-5-7/h6-7H,1-5H2,(H,10,11,12). The van der Waals surface area contributed by atoms with Crippen LogP contribution in [0.1, 0.15) is 43.8 Å². The molecule has 0 aromatic carbocycles. The molecule has 1 N–H and O–H groups in total. The molecule has 0 saturated heterocycles. The van der Waals surface area contributed by atoms with Gasteiger partial charge in [0, 0.05) is 12.0 Å². The molecule has 2 saturated carbocycles. The van der Waals surface area contributed by atoms with Crippen molar-refractivity contribution in [2.24, 2.45) is 0 Å². The lowest BCUT2D eigenvalue weighted by molar-refractivity contribution is 0.366. The fraction of sp³-hybridized carbons (Fsp3) is 0.778. The molecule has 0 unspecified atom stereocenters. The summed E-state index contributed by atoms with van der Waals surface area (Å²) >= 11 is 0. The zero-order chi connectivity index (χ0) is 8.67. The molecule has 4 nitrogen and oxygen atoms in total. The van der Waals surface area contributed by atoms with Crippen molar-refractivity contribution in [2.45, 2.75) is 44.1 Å². The minimum atomic E-state index is 0.568. The predicted molar refractivity (Wildman–Crippen MR) is 47.5 cm³/mol. The molecule has 13 heavy (non-hydrogen) atoms. The molecule has 0 bridgehead atoms. The van der Waals surface area contributed by atoms with Gasteiger partial charge in [0.05, 0.1) is 0 Å². The van der Waals surface area contributed by atoms with Gasteiger partial charge in [-0.1, -0.05) is 11.6 Å². The smallest absolute Gasteiger partial charge is 0.321 e. The summed E-state index contributed by atoms with van der Waals surface area (Å²) in [6.07, 6.45) is 6.23. The van der Waals surface area contributed by atoms with Gasteiger partial charge in [-0.3, -0.25) is 0 Å². The Morgan fingerprint density at radius 3 is 2.69 bits per heavy atom. The Morgan fingerprint density at radius 1 is 1.23 bits per heavy atom. The van der Waals surface area contributed by atoms with E-state index in [1.54, 1.807) is 0 Å². The van der Waals surface area contributed by atoms with Gasteiger partial charge in [0.2, 0.25) is 0 Å². The first-order chi connectivity index (χ1) is 6.42. The molecule has 2 fully saturated rings. The first kappa shape index (κ1) is 7.35. The third kappa shape index (κ3) is 1.41. The van der Waals surface area contributed by atoms with E-state index in [2.05, 4.69) is 15.5 Å². The van der Waals surface area contributed by atoms with Gasteiger partial charge in [-0.05, 0) is 25.7 Å². The van der Waals surface area contributed by atoms with Crippen LogP contribution in [-0.2, 0) is 0 Å². The van der Waals surface area contributed by atoms with E-state index in [1.807, 2.05) is 0 Å². The number of nitrogens with one attached hydrogen (secondary N) is 1. The van der Waals surface area contributed by atoms with Crippen LogP contribution in [-0.4, -0.2) is 16.2 Å². The van der Waals surface area contributed by atoms with Crippen molar-refractivity contribution < 1.29 is 4.52 Å². The van der Waals surface area contributed by atoms with E-state index in [0.717, 1.165) is 5.82 Å². The number of anilines is 1. The van der Waals surface area contributed by atoms with E-state index >= 15 is 0 Å². The molecular weight excluding hydrogens is 166 g/mol. The molecule has 4 heteroatoms. The SMILES string of the molecule is C1CC(c2noc(NC3CC3)n2)C1. The van der Waals surface area contributed by atoms with Crippen molar-refractivity contribution in [1.29, 1.82) is 0 Å². The molecule has 2 aliphatic carbocycles. The minimum absolute atomic E-state index is 0.568. The molecule has 70 valence electrons. The van der Waals surface area contributed by atoms with Gasteiger partial charge in [-0.25, -0.2) is 0 Å². The monoisotopic (exact) mass is 179 g/mol. The maximum Gasteiger partial charge on any atom is 0.321 e. The highest BCUT2D eigenvalue weighted by Crippen LogP contribution is 2.35. The Morgan fingerprint density at radius 2 is 2.08 bits per heavy atom. The summed E-state index contributed by atoms with van der Waals surface area (Å²) in [6.45, 7) is 0. The number of aromatic nitrogens is 2. The predicted octanol–water partition coefficient (Wildman–Crippen LogP) is 1.91. The van der Waals surface area contributed by atoms with E-state index in [0.29, 0.717) is 18.0 Å². The van der Waals surface area contributed by atoms with Crippen LogP contribution in [0.3, 0.4) is 0 Å². The van der Waals surface area contributed by atoms with Gasteiger partial charge in [-0.2, -0.15) is 4.98 Å². The lowest BCUT2D eigenvalue weighted by Crippen LogP contribution is -2.10. The topological polar surface area (TPSA) is 51.0 Å². The Hall–Kier alpha value is -1.06. The average Bonchev–Trinajstić information content (AvgIpc) is 2.69. The highest BCUT2D eigenvalue weighted by Gasteiger charge is 2.27. The van der Waals surface area contributed by atoms with Crippen molar-refractivity contribution >= 4 is 6.01 Å². The maximum atomic E-state index is 5.10. The molecule has 1 aromatic rings. The van der Waals surface area contributed by atoms with Gasteiger partial charge in [0.25, 0.3) is 0 Å². The van der Waals surface area contributed by atoms with Crippen molar-refractivity contribution in [2.75, 3.05) is 5.32 Å². The second-order valence-corrected chi connectivity index (χ2v) is 4.00. The Balaban J connectivity index is 1.69. The molecule has 0 atom stereocenters. The number of hydrogen-bond acceptors (Lipinski definition) is 4. The van der Waals surface area contributed by atoms with Gasteiger partial charge in [0.15, 0.2) is 5.82 Å². The normalized spacial score (nSPS) is 22.8. The van der Waals surface area contributed by atoms with Crippen molar-refractivity contribution in [3.8, 4) is 0 Å². The van der Waals surface area contributed by atoms with Crippen LogP contribution in [0.15, 0.2) is 4.52 Å². The van der Waals surface area contributed by atoms with E-state index < -0.39 is 0 Å². The zero-order valence-corrected chi connectivity index (χ0v) is 7.49. The number of hydrogen-bond donors (Lipinski definition) is 1. The summed E-state index contributed by atoms with van der Waals surface area (Å²) in [7, 11) is 0. The lowest BCUT2D eigenvalue weighted by Gasteiger charge is -2.20. The molecule has 0 radical (unpaired) electrons. The summed E-state index contributed by atoms with van der Waals surface area (Å²) in [5.41, 5.74) is 0. The molecule has 1 aromatic heterocycles. The second kappa shape index (κ2) is 2.72. The largest absolute Gasteiger partial charge is 0.335 e. The first-order valence-electron chi connectivity index (χ1n) is 5.02. The van der Waals surface area contributed by atoms with Crippen LogP contribution in [0.25, 0.3) is 0 Å². The number of nitrogens with zero attached hydrogens (tertiary/aromatic N) is 2. The summed E-state index contributed by atoms with van der Waals surface area (Å²) in [5.74, 6) is 1.47. The summed E-state index contributed by atoms with van der Waals surface area (Å²) in [5, 5.41) is 7.17. The molecule has 3 rings (SSSR count). The molecule has 0 aliphatic heterocycles. The van der Waals surface area contributed by atoms with Crippen LogP contribution < -0.4 is 5.32 Å². The molecular formula is C9H13N3O. The van der Waals surface area contributed by atoms with Gasteiger partial charge in [-0.15, -0.1) is 0 Å². The summed E-state index contributed by atoms with van der Waals surface area (Å²) in [4.78, 5) is 4.32. The van der Waals surface area contributed by atoms with Crippen LogP contribution in [0, 0.1) is 0 Å². The fourth-order valence-electron chi connectivity index (χ4n) is 1.53. The highest BCUT2D eigenvalue weighted by molar-refractivity contribution is 5.24. The van der Waals surface area contributed by atoms with Gasteiger partial charge < -0.3 is 9.84 Å². The van der Waals surface area contributed by atoms with Gasteiger partial charge in [0.1, 0.15) is 0 Å². The molecule has 1 heterocycles. The van der Waals surface area contributed by atoms with Crippen LogP contribution in [0.4, 0.5) is 6.01 Å². The molecule has 0 spiro atoms. The van der Waals surface area contributed by atoms with Crippen LogP contribution in [0.5, 0.6) is 0 Å². The molecule has 2 aliphatic rings. The van der Waals surface area contributed by atoms with Crippen molar-refractivity contribution in [3.63, 3.8) is 0 Å². The summed E-state index contributed by atoms with van der Waals surface area (Å²) < 4.78 is 5.10. The van der Waals surface area contributed by atoms with Crippen molar-refractivity contribution in [3.05, 3.63) is 5.82 Å². The van der Waals surface area contributed by atoms with Crippen LogP contribution >= 0.6 is 0 Å². The van der Waals surface area contributed by atoms with E-state index in [1.165, 1.54) is 32.1 Å². The van der Waals surface area contributed by atoms with E-state index in [9.17, 15) is 0 Å². The van der Waals surface area contributed by atoms with Crippen molar-refractivity contribution in [1.82, 2.24) is 10.1 Å². The van der Waals surface area contributed by atoms with E-state index in [4.69, 9.17) is 4.52 Å². The average molecular weight is 179 g/mol. The highest BCUT2D eigenvalue weighted by atomic mass is 16.5. The zero-order valence-electron chi connectivity index (χ0n) is 7.49. The third-order valence-corrected chi connectivity index (χ3v) is 2.82.